The lowest BCUT2D eigenvalue weighted by Gasteiger charge is -2.44. The van der Waals surface area contributed by atoms with Gasteiger partial charge in [0, 0.05) is 17.7 Å². The van der Waals surface area contributed by atoms with E-state index >= 15 is 0 Å². The Bertz CT molecular complexity index is 906. The first-order valence-corrected chi connectivity index (χ1v) is 11.1. The SMILES string of the molecule is CCc1nc2c(s1)C(c1ccccc1)C1=C(CC3(CCCCC3)CC1=O)N2. The number of aromatic nitrogens is 1. The lowest BCUT2D eigenvalue weighted by atomic mass is 9.62. The van der Waals surface area contributed by atoms with Crippen LogP contribution in [-0.4, -0.2) is 10.8 Å². The minimum atomic E-state index is 0.0451. The molecule has 0 amide bonds. The Hall–Kier alpha value is -1.94. The Morgan fingerprint density at radius 2 is 1.93 bits per heavy atom. The third-order valence-electron chi connectivity index (χ3n) is 6.58. The van der Waals surface area contributed by atoms with Gasteiger partial charge in [-0.05, 0) is 36.7 Å². The summed E-state index contributed by atoms with van der Waals surface area (Å²) >= 11 is 1.76. The van der Waals surface area contributed by atoms with Crippen molar-refractivity contribution in [3.05, 3.63) is 57.1 Å². The Kier molecular flexibility index (Phi) is 4.19. The maximum absolute atomic E-state index is 13.5. The van der Waals surface area contributed by atoms with Gasteiger partial charge in [-0.25, -0.2) is 4.98 Å². The van der Waals surface area contributed by atoms with Crippen molar-refractivity contribution in [3.8, 4) is 0 Å². The fourth-order valence-corrected chi connectivity index (χ4v) is 6.39. The monoisotopic (exact) mass is 378 g/mol. The van der Waals surface area contributed by atoms with E-state index in [0.29, 0.717) is 5.78 Å². The van der Waals surface area contributed by atoms with Crippen molar-refractivity contribution in [1.29, 1.82) is 0 Å². The van der Waals surface area contributed by atoms with Crippen LogP contribution in [0.25, 0.3) is 0 Å². The summed E-state index contributed by atoms with van der Waals surface area (Å²) in [5.74, 6) is 1.39. The number of allylic oxidation sites excluding steroid dienone is 2. The van der Waals surface area contributed by atoms with E-state index < -0.39 is 0 Å². The van der Waals surface area contributed by atoms with Gasteiger partial charge in [-0.1, -0.05) is 56.5 Å². The van der Waals surface area contributed by atoms with Crippen LogP contribution in [0.5, 0.6) is 0 Å². The zero-order valence-corrected chi connectivity index (χ0v) is 16.7. The third-order valence-corrected chi connectivity index (χ3v) is 7.84. The highest BCUT2D eigenvalue weighted by Crippen LogP contribution is 2.54. The van der Waals surface area contributed by atoms with Crippen molar-refractivity contribution < 1.29 is 4.79 Å². The zero-order chi connectivity index (χ0) is 18.4. The van der Waals surface area contributed by atoms with Crippen molar-refractivity contribution in [3.63, 3.8) is 0 Å². The minimum absolute atomic E-state index is 0.0451. The second kappa shape index (κ2) is 6.59. The third kappa shape index (κ3) is 2.85. The maximum atomic E-state index is 13.5. The van der Waals surface area contributed by atoms with Crippen LogP contribution < -0.4 is 5.32 Å². The number of anilines is 1. The summed E-state index contributed by atoms with van der Waals surface area (Å²) in [5, 5.41) is 4.76. The molecule has 1 N–H and O–H groups in total. The van der Waals surface area contributed by atoms with Gasteiger partial charge in [-0.2, -0.15) is 0 Å². The van der Waals surface area contributed by atoms with E-state index in [-0.39, 0.29) is 11.3 Å². The first-order chi connectivity index (χ1) is 13.2. The first-order valence-electron chi connectivity index (χ1n) is 10.3. The molecule has 3 aliphatic rings. The van der Waals surface area contributed by atoms with Gasteiger partial charge >= 0.3 is 0 Å². The predicted octanol–water partition coefficient (Wildman–Crippen LogP) is 5.83. The number of rotatable bonds is 2. The molecule has 4 heteroatoms. The Morgan fingerprint density at radius 1 is 1.15 bits per heavy atom. The molecule has 1 aliphatic heterocycles. The quantitative estimate of drug-likeness (QED) is 0.715. The van der Waals surface area contributed by atoms with Crippen LogP contribution in [-0.2, 0) is 11.2 Å². The van der Waals surface area contributed by atoms with Crippen LogP contribution in [0.3, 0.4) is 0 Å². The van der Waals surface area contributed by atoms with Gasteiger partial charge in [0.25, 0.3) is 0 Å². The number of carbonyl (C=O) groups is 1. The molecule has 0 bridgehead atoms. The lowest BCUT2D eigenvalue weighted by Crippen LogP contribution is -2.37. The molecule has 0 saturated heterocycles. The summed E-state index contributed by atoms with van der Waals surface area (Å²) in [4.78, 5) is 19.5. The number of nitrogens with zero attached hydrogens (tertiary/aromatic N) is 1. The minimum Gasteiger partial charge on any atom is -0.342 e. The molecule has 1 aromatic carbocycles. The number of Topliss-reactive ketones (excluding diaryl/α,β-unsaturated/α-hetero) is 1. The van der Waals surface area contributed by atoms with Crippen molar-refractivity contribution in [2.75, 3.05) is 5.32 Å². The molecule has 1 aromatic heterocycles. The second-order valence-corrected chi connectivity index (χ2v) is 9.49. The summed E-state index contributed by atoms with van der Waals surface area (Å²) in [7, 11) is 0. The largest absolute Gasteiger partial charge is 0.342 e. The highest BCUT2D eigenvalue weighted by Gasteiger charge is 2.45. The molecule has 1 atom stereocenters. The number of benzene rings is 1. The van der Waals surface area contributed by atoms with E-state index in [1.807, 2.05) is 6.07 Å². The molecule has 1 saturated carbocycles. The highest BCUT2D eigenvalue weighted by molar-refractivity contribution is 7.12. The molecule has 140 valence electrons. The molecule has 2 aromatic rings. The lowest BCUT2D eigenvalue weighted by molar-refractivity contribution is -0.119. The van der Waals surface area contributed by atoms with Crippen LogP contribution in [0.15, 0.2) is 41.6 Å². The molecular weight excluding hydrogens is 352 g/mol. The molecule has 1 fully saturated rings. The smallest absolute Gasteiger partial charge is 0.162 e. The molecular formula is C23H26N2OS. The van der Waals surface area contributed by atoms with Gasteiger partial charge in [0.1, 0.15) is 5.82 Å². The van der Waals surface area contributed by atoms with Gasteiger partial charge in [-0.3, -0.25) is 4.79 Å². The number of nitrogens with one attached hydrogen (secondary N) is 1. The number of thiazole rings is 1. The van der Waals surface area contributed by atoms with Gasteiger partial charge in [-0.15, -0.1) is 11.3 Å². The van der Waals surface area contributed by atoms with Crippen LogP contribution in [0.2, 0.25) is 0 Å². The molecule has 5 rings (SSSR count). The van der Waals surface area contributed by atoms with Gasteiger partial charge in [0.2, 0.25) is 0 Å². The normalized spacial score (nSPS) is 23.7. The second-order valence-electron chi connectivity index (χ2n) is 8.37. The standard InChI is InChI=1S/C23H26N2OS/c1-2-18-25-22-21(27-18)19(15-9-5-3-6-10-15)20-16(24-22)13-23(14-17(20)26)11-7-4-8-12-23/h3,5-6,9-10,19,24H,2,4,7-8,11-14H2,1H3. The topological polar surface area (TPSA) is 42.0 Å². The maximum Gasteiger partial charge on any atom is 0.162 e. The van der Waals surface area contributed by atoms with Gasteiger partial charge in [0.15, 0.2) is 5.78 Å². The number of aryl methyl sites for hydroxylation is 1. The van der Waals surface area contributed by atoms with E-state index in [0.717, 1.165) is 41.4 Å². The molecule has 2 heterocycles. The zero-order valence-electron chi connectivity index (χ0n) is 15.9. The number of fused-ring (bicyclic) bond motifs is 1. The molecule has 1 unspecified atom stereocenters. The average molecular weight is 379 g/mol. The Morgan fingerprint density at radius 3 is 2.67 bits per heavy atom. The van der Waals surface area contributed by atoms with E-state index in [1.165, 1.54) is 42.5 Å². The summed E-state index contributed by atoms with van der Waals surface area (Å²) in [5.41, 5.74) is 3.56. The summed E-state index contributed by atoms with van der Waals surface area (Å²) in [6.45, 7) is 2.15. The van der Waals surface area contributed by atoms with Crippen molar-refractivity contribution >= 4 is 22.9 Å². The molecule has 2 aliphatic carbocycles. The molecule has 1 spiro atoms. The Balaban J connectivity index is 1.63. The van der Waals surface area contributed by atoms with Crippen molar-refractivity contribution in [2.24, 2.45) is 5.41 Å². The van der Waals surface area contributed by atoms with Gasteiger partial charge < -0.3 is 5.32 Å². The summed E-state index contributed by atoms with van der Waals surface area (Å²) in [6, 6.07) is 10.5. The molecule has 3 nitrogen and oxygen atoms in total. The number of carbonyl (C=O) groups excluding carboxylic acids is 1. The van der Waals surface area contributed by atoms with E-state index in [1.54, 1.807) is 11.3 Å². The first kappa shape index (κ1) is 17.2. The van der Waals surface area contributed by atoms with E-state index in [2.05, 4.69) is 36.5 Å². The van der Waals surface area contributed by atoms with Crippen molar-refractivity contribution in [2.45, 2.75) is 64.2 Å². The van der Waals surface area contributed by atoms with E-state index in [9.17, 15) is 4.79 Å². The number of hydrogen-bond donors (Lipinski definition) is 1. The predicted molar refractivity (Wildman–Crippen MR) is 110 cm³/mol. The fourth-order valence-electron chi connectivity index (χ4n) is 5.29. The molecule has 0 radical (unpaired) electrons. The number of ketones is 1. The van der Waals surface area contributed by atoms with Crippen molar-refractivity contribution in [1.82, 2.24) is 4.98 Å². The van der Waals surface area contributed by atoms with E-state index in [4.69, 9.17) is 4.98 Å². The highest BCUT2D eigenvalue weighted by atomic mass is 32.1. The Labute approximate surface area is 164 Å². The van der Waals surface area contributed by atoms with Crippen LogP contribution in [0.4, 0.5) is 5.82 Å². The van der Waals surface area contributed by atoms with Crippen LogP contribution in [0, 0.1) is 5.41 Å². The van der Waals surface area contributed by atoms with Gasteiger partial charge in [0.05, 0.1) is 15.8 Å². The van der Waals surface area contributed by atoms with Crippen LogP contribution >= 0.6 is 11.3 Å². The number of hydrogen-bond acceptors (Lipinski definition) is 4. The van der Waals surface area contributed by atoms with Crippen LogP contribution in [0.1, 0.15) is 73.2 Å². The average Bonchev–Trinajstić information content (AvgIpc) is 3.10. The molecule has 27 heavy (non-hydrogen) atoms. The summed E-state index contributed by atoms with van der Waals surface area (Å²) < 4.78 is 0. The summed E-state index contributed by atoms with van der Waals surface area (Å²) in [6.07, 6.45) is 8.90. The fraction of sp³-hybridized carbons (Fsp3) is 0.478.